The van der Waals surface area contributed by atoms with Crippen molar-refractivity contribution in [3.05, 3.63) is 82.9 Å². The highest BCUT2D eigenvalue weighted by atomic mass is 16.6. The SMILES string of the molecule is COc1c(O)c(C(CCC(=O)N2CCOCC2)c2ccccc2)c(C)c(OC(=O)c2ccccc2)c1OC. The maximum atomic E-state index is 13.0. The molecule has 1 aliphatic rings. The van der Waals surface area contributed by atoms with Crippen LogP contribution in [0.1, 0.15) is 45.8 Å². The van der Waals surface area contributed by atoms with Gasteiger partial charge in [0.25, 0.3) is 0 Å². The molecule has 3 aromatic carbocycles. The number of hydrogen-bond acceptors (Lipinski definition) is 7. The summed E-state index contributed by atoms with van der Waals surface area (Å²) in [6.45, 7) is 3.95. The first-order valence-electron chi connectivity index (χ1n) is 12.6. The number of aromatic hydroxyl groups is 1. The summed E-state index contributed by atoms with van der Waals surface area (Å²) in [5.41, 5.74) is 2.32. The number of amides is 1. The van der Waals surface area contributed by atoms with Gasteiger partial charge in [0.05, 0.1) is 33.0 Å². The van der Waals surface area contributed by atoms with E-state index < -0.39 is 5.97 Å². The molecule has 0 aliphatic carbocycles. The number of rotatable bonds is 9. The number of carbonyl (C=O) groups excluding carboxylic acids is 2. The smallest absolute Gasteiger partial charge is 0.343 e. The van der Waals surface area contributed by atoms with Crippen molar-refractivity contribution in [2.24, 2.45) is 0 Å². The number of nitrogens with zero attached hydrogens (tertiary/aromatic N) is 1. The minimum atomic E-state index is -0.565. The number of phenolic OH excluding ortho intramolecular Hbond substituents is 1. The molecular weight excluding hydrogens is 486 g/mol. The van der Waals surface area contributed by atoms with Gasteiger partial charge in [-0.15, -0.1) is 0 Å². The van der Waals surface area contributed by atoms with E-state index in [4.69, 9.17) is 18.9 Å². The summed E-state index contributed by atoms with van der Waals surface area (Å²) in [7, 11) is 2.84. The van der Waals surface area contributed by atoms with Gasteiger partial charge in [-0.25, -0.2) is 4.79 Å². The summed E-state index contributed by atoms with van der Waals surface area (Å²) >= 11 is 0. The first kappa shape index (κ1) is 27.0. The molecule has 1 atom stereocenters. The van der Waals surface area contributed by atoms with Gasteiger partial charge in [-0.05, 0) is 31.0 Å². The van der Waals surface area contributed by atoms with E-state index in [2.05, 4.69) is 0 Å². The Morgan fingerprint density at radius 2 is 1.53 bits per heavy atom. The lowest BCUT2D eigenvalue weighted by Gasteiger charge is -2.29. The molecule has 0 saturated carbocycles. The quantitative estimate of drug-likeness (QED) is 0.323. The highest BCUT2D eigenvalue weighted by Gasteiger charge is 2.32. The Balaban J connectivity index is 1.77. The van der Waals surface area contributed by atoms with Gasteiger partial charge in [0.15, 0.2) is 11.5 Å². The molecule has 4 rings (SSSR count). The molecule has 1 heterocycles. The average molecular weight is 520 g/mol. The van der Waals surface area contributed by atoms with Crippen LogP contribution in [0.3, 0.4) is 0 Å². The fourth-order valence-corrected chi connectivity index (χ4v) is 4.85. The van der Waals surface area contributed by atoms with Crippen LogP contribution in [0.15, 0.2) is 60.7 Å². The molecule has 1 saturated heterocycles. The van der Waals surface area contributed by atoms with E-state index in [1.54, 1.807) is 36.1 Å². The molecule has 200 valence electrons. The van der Waals surface area contributed by atoms with E-state index in [0.29, 0.717) is 49.4 Å². The van der Waals surface area contributed by atoms with E-state index in [0.717, 1.165) is 5.56 Å². The van der Waals surface area contributed by atoms with Crippen LogP contribution in [0, 0.1) is 6.92 Å². The van der Waals surface area contributed by atoms with Crippen LogP contribution in [0.4, 0.5) is 0 Å². The number of hydrogen-bond donors (Lipinski definition) is 1. The van der Waals surface area contributed by atoms with Crippen LogP contribution in [-0.4, -0.2) is 62.4 Å². The topological polar surface area (TPSA) is 94.5 Å². The normalized spacial score (nSPS) is 14.0. The van der Waals surface area contributed by atoms with Crippen molar-refractivity contribution in [3.63, 3.8) is 0 Å². The molecular formula is C30H33NO7. The van der Waals surface area contributed by atoms with Crippen LogP contribution in [0.5, 0.6) is 23.0 Å². The van der Waals surface area contributed by atoms with Crippen molar-refractivity contribution in [1.82, 2.24) is 4.90 Å². The number of morpholine rings is 1. The molecule has 1 fully saturated rings. The van der Waals surface area contributed by atoms with Crippen molar-refractivity contribution < 1.29 is 33.6 Å². The molecule has 8 nitrogen and oxygen atoms in total. The van der Waals surface area contributed by atoms with Crippen molar-refractivity contribution >= 4 is 11.9 Å². The molecule has 38 heavy (non-hydrogen) atoms. The first-order valence-corrected chi connectivity index (χ1v) is 12.6. The molecule has 0 aromatic heterocycles. The summed E-state index contributed by atoms with van der Waals surface area (Å²) in [5, 5.41) is 11.4. The molecule has 8 heteroatoms. The van der Waals surface area contributed by atoms with E-state index >= 15 is 0 Å². The van der Waals surface area contributed by atoms with Crippen molar-refractivity contribution in [1.29, 1.82) is 0 Å². The van der Waals surface area contributed by atoms with Gasteiger partial charge in [-0.1, -0.05) is 48.5 Å². The van der Waals surface area contributed by atoms with Gasteiger partial charge < -0.3 is 29.0 Å². The molecule has 1 aliphatic heterocycles. The van der Waals surface area contributed by atoms with Gasteiger partial charge >= 0.3 is 5.97 Å². The zero-order valence-electron chi connectivity index (χ0n) is 21.9. The second kappa shape index (κ2) is 12.5. The van der Waals surface area contributed by atoms with Gasteiger partial charge in [-0.3, -0.25) is 4.79 Å². The zero-order chi connectivity index (χ0) is 27.1. The van der Waals surface area contributed by atoms with Gasteiger partial charge in [0, 0.05) is 36.6 Å². The Morgan fingerprint density at radius 1 is 0.921 bits per heavy atom. The van der Waals surface area contributed by atoms with Crippen molar-refractivity contribution in [3.8, 4) is 23.0 Å². The summed E-state index contributed by atoms with van der Waals surface area (Å²) < 4.78 is 22.3. The summed E-state index contributed by atoms with van der Waals surface area (Å²) in [4.78, 5) is 27.8. The Hall–Kier alpha value is -4.04. The second-order valence-electron chi connectivity index (χ2n) is 9.03. The van der Waals surface area contributed by atoms with E-state index in [1.165, 1.54) is 14.2 Å². The summed E-state index contributed by atoms with van der Waals surface area (Å²) in [5.74, 6) is -0.696. The van der Waals surface area contributed by atoms with E-state index in [1.807, 2.05) is 36.4 Å². The average Bonchev–Trinajstić information content (AvgIpc) is 2.97. The molecule has 1 unspecified atom stereocenters. The van der Waals surface area contributed by atoms with Crippen molar-refractivity contribution in [2.75, 3.05) is 40.5 Å². The Morgan fingerprint density at radius 3 is 2.13 bits per heavy atom. The Kier molecular flexibility index (Phi) is 8.86. The molecule has 1 amide bonds. The van der Waals surface area contributed by atoms with Gasteiger partial charge in [0.1, 0.15) is 0 Å². The van der Waals surface area contributed by atoms with E-state index in [-0.39, 0.29) is 41.2 Å². The molecule has 1 N–H and O–H groups in total. The number of ether oxygens (including phenoxy) is 4. The number of benzene rings is 3. The van der Waals surface area contributed by atoms with Crippen LogP contribution in [0.2, 0.25) is 0 Å². The molecule has 3 aromatic rings. The van der Waals surface area contributed by atoms with Gasteiger partial charge in [-0.2, -0.15) is 0 Å². The second-order valence-corrected chi connectivity index (χ2v) is 9.03. The Labute approximate surface area is 222 Å². The molecule has 0 radical (unpaired) electrons. The van der Waals surface area contributed by atoms with Crippen LogP contribution in [-0.2, 0) is 9.53 Å². The maximum absolute atomic E-state index is 13.0. The third-order valence-corrected chi connectivity index (χ3v) is 6.80. The first-order chi connectivity index (χ1) is 18.5. The summed E-state index contributed by atoms with van der Waals surface area (Å²) in [6.07, 6.45) is 0.697. The third-order valence-electron chi connectivity index (χ3n) is 6.80. The van der Waals surface area contributed by atoms with Crippen molar-refractivity contribution in [2.45, 2.75) is 25.7 Å². The lowest BCUT2D eigenvalue weighted by Crippen LogP contribution is -2.40. The Bertz CT molecular complexity index is 1250. The monoisotopic (exact) mass is 519 g/mol. The minimum Gasteiger partial charge on any atom is -0.504 e. The number of esters is 1. The summed E-state index contributed by atoms with van der Waals surface area (Å²) in [6, 6.07) is 18.3. The fraction of sp³-hybridized carbons (Fsp3) is 0.333. The highest BCUT2D eigenvalue weighted by molar-refractivity contribution is 5.92. The fourth-order valence-electron chi connectivity index (χ4n) is 4.85. The van der Waals surface area contributed by atoms with E-state index in [9.17, 15) is 14.7 Å². The number of phenols is 1. The maximum Gasteiger partial charge on any atom is 0.343 e. The van der Waals surface area contributed by atoms with Crippen LogP contribution >= 0.6 is 0 Å². The van der Waals surface area contributed by atoms with Crippen LogP contribution < -0.4 is 14.2 Å². The largest absolute Gasteiger partial charge is 0.504 e. The van der Waals surface area contributed by atoms with Crippen LogP contribution in [0.25, 0.3) is 0 Å². The lowest BCUT2D eigenvalue weighted by molar-refractivity contribution is -0.135. The number of methoxy groups -OCH3 is 2. The highest BCUT2D eigenvalue weighted by Crippen LogP contribution is 2.53. The molecule has 0 spiro atoms. The zero-order valence-corrected chi connectivity index (χ0v) is 21.9. The predicted octanol–water partition coefficient (Wildman–Crippen LogP) is 4.71. The van der Waals surface area contributed by atoms with Gasteiger partial charge in [0.2, 0.25) is 17.4 Å². The lowest BCUT2D eigenvalue weighted by atomic mass is 9.83. The molecule has 0 bridgehead atoms. The predicted molar refractivity (Wildman–Crippen MR) is 142 cm³/mol. The third kappa shape index (κ3) is 5.75. The standard InChI is InChI=1S/C30H33NO7/c1-20-25(23(21-10-6-4-7-11-21)14-15-24(32)31-16-18-37-19-17-31)26(33)28(35-2)29(36-3)27(20)38-30(34)22-12-8-5-9-13-22/h4-13,23,33H,14-19H2,1-3H3. The number of carbonyl (C=O) groups is 2. The minimum absolute atomic E-state index is 0.0302.